The molecule has 6 nitrogen and oxygen atoms in total. The summed E-state index contributed by atoms with van der Waals surface area (Å²) in [6, 6.07) is 11.8. The third-order valence-electron chi connectivity index (χ3n) is 3.99. The molecule has 1 amide bonds. The summed E-state index contributed by atoms with van der Waals surface area (Å²) in [7, 11) is -3.11. The fourth-order valence-electron chi connectivity index (χ4n) is 2.70. The van der Waals surface area contributed by atoms with Gasteiger partial charge in [0.05, 0.1) is 16.5 Å². The van der Waals surface area contributed by atoms with Crippen molar-refractivity contribution < 1.29 is 17.6 Å². The van der Waals surface area contributed by atoms with Crippen molar-refractivity contribution in [1.29, 1.82) is 5.26 Å². The number of amides is 1. The predicted molar refractivity (Wildman–Crippen MR) is 97.9 cm³/mol. The van der Waals surface area contributed by atoms with Crippen molar-refractivity contribution >= 4 is 33.4 Å². The SMILES string of the molecule is N#CC(=Cc1ccc(-c2ccccc2Cl)o1)C(=O)NC1CCS(=O)(=O)C1. The Morgan fingerprint density at radius 1 is 1.31 bits per heavy atom. The van der Waals surface area contributed by atoms with Gasteiger partial charge in [-0.05, 0) is 30.7 Å². The highest BCUT2D eigenvalue weighted by Crippen LogP contribution is 2.29. The number of carbonyl (C=O) groups excluding carboxylic acids is 1. The van der Waals surface area contributed by atoms with Crippen molar-refractivity contribution in [2.75, 3.05) is 11.5 Å². The van der Waals surface area contributed by atoms with Crippen LogP contribution < -0.4 is 5.32 Å². The summed E-state index contributed by atoms with van der Waals surface area (Å²) < 4.78 is 28.6. The number of halogens is 1. The molecule has 0 saturated carbocycles. The van der Waals surface area contributed by atoms with Crippen LogP contribution in [0.3, 0.4) is 0 Å². The van der Waals surface area contributed by atoms with Gasteiger partial charge in [0, 0.05) is 17.7 Å². The molecule has 1 unspecified atom stereocenters. The number of furan rings is 1. The monoisotopic (exact) mass is 390 g/mol. The van der Waals surface area contributed by atoms with Gasteiger partial charge in [-0.3, -0.25) is 4.79 Å². The van der Waals surface area contributed by atoms with Gasteiger partial charge in [-0.1, -0.05) is 23.7 Å². The van der Waals surface area contributed by atoms with Gasteiger partial charge >= 0.3 is 0 Å². The number of nitriles is 1. The molecule has 26 heavy (non-hydrogen) atoms. The van der Waals surface area contributed by atoms with Crippen LogP contribution >= 0.6 is 11.6 Å². The van der Waals surface area contributed by atoms with E-state index in [4.69, 9.17) is 16.0 Å². The Balaban J connectivity index is 1.76. The fraction of sp³-hybridized carbons (Fsp3) is 0.222. The largest absolute Gasteiger partial charge is 0.457 e. The summed E-state index contributed by atoms with van der Waals surface area (Å²) in [5.41, 5.74) is 0.544. The standard InChI is InChI=1S/C18H15ClN2O4S/c19-16-4-2-1-3-15(16)17-6-5-14(25-17)9-12(10-20)18(22)21-13-7-8-26(23,24)11-13/h1-6,9,13H,7-8,11H2,(H,21,22). The molecule has 2 aromatic rings. The fourth-order valence-corrected chi connectivity index (χ4v) is 4.60. The molecule has 0 radical (unpaired) electrons. The second kappa shape index (κ2) is 7.36. The van der Waals surface area contributed by atoms with Crippen LogP contribution in [0.25, 0.3) is 17.4 Å². The lowest BCUT2D eigenvalue weighted by molar-refractivity contribution is -0.117. The number of hydrogen-bond acceptors (Lipinski definition) is 5. The first kappa shape index (κ1) is 18.2. The topological polar surface area (TPSA) is 100 Å². The average molecular weight is 391 g/mol. The number of hydrogen-bond donors (Lipinski definition) is 1. The van der Waals surface area contributed by atoms with Crippen molar-refractivity contribution in [1.82, 2.24) is 5.32 Å². The number of carbonyl (C=O) groups is 1. The highest BCUT2D eigenvalue weighted by atomic mass is 35.5. The van der Waals surface area contributed by atoms with Gasteiger partial charge in [0.25, 0.3) is 5.91 Å². The van der Waals surface area contributed by atoms with Crippen LogP contribution in [0.2, 0.25) is 5.02 Å². The van der Waals surface area contributed by atoms with E-state index < -0.39 is 21.8 Å². The van der Waals surface area contributed by atoms with Crippen molar-refractivity contribution in [2.24, 2.45) is 0 Å². The molecule has 0 bridgehead atoms. The zero-order chi connectivity index (χ0) is 18.7. The molecule has 1 saturated heterocycles. The third-order valence-corrected chi connectivity index (χ3v) is 6.08. The van der Waals surface area contributed by atoms with Gasteiger partial charge < -0.3 is 9.73 Å². The molecule has 3 rings (SSSR count). The van der Waals surface area contributed by atoms with E-state index in [0.717, 1.165) is 0 Å². The second-order valence-corrected chi connectivity index (χ2v) is 8.56. The number of nitrogens with zero attached hydrogens (tertiary/aromatic N) is 1. The molecule has 0 aliphatic carbocycles. The Bertz CT molecular complexity index is 1020. The lowest BCUT2D eigenvalue weighted by Crippen LogP contribution is -2.36. The minimum Gasteiger partial charge on any atom is -0.457 e. The molecule has 1 atom stereocenters. The first-order valence-electron chi connectivity index (χ1n) is 7.86. The molecule has 1 N–H and O–H groups in total. The van der Waals surface area contributed by atoms with Crippen LogP contribution in [0, 0.1) is 11.3 Å². The van der Waals surface area contributed by atoms with E-state index in [0.29, 0.717) is 28.5 Å². The Labute approximate surface area is 156 Å². The van der Waals surface area contributed by atoms with Gasteiger partial charge in [-0.2, -0.15) is 5.26 Å². The first-order valence-corrected chi connectivity index (χ1v) is 10.1. The van der Waals surface area contributed by atoms with E-state index in [1.54, 1.807) is 30.3 Å². The minimum atomic E-state index is -3.11. The maximum Gasteiger partial charge on any atom is 0.262 e. The molecule has 134 valence electrons. The normalized spacial score (nSPS) is 19.1. The van der Waals surface area contributed by atoms with Crippen LogP contribution in [-0.2, 0) is 14.6 Å². The highest BCUT2D eigenvalue weighted by molar-refractivity contribution is 7.91. The molecule has 1 aliphatic rings. The Morgan fingerprint density at radius 3 is 2.73 bits per heavy atom. The molecule has 1 aromatic carbocycles. The summed E-state index contributed by atoms with van der Waals surface area (Å²) in [4.78, 5) is 12.2. The summed E-state index contributed by atoms with van der Waals surface area (Å²) in [6.45, 7) is 0. The predicted octanol–water partition coefficient (Wildman–Crippen LogP) is 2.81. The summed E-state index contributed by atoms with van der Waals surface area (Å²) in [5, 5.41) is 12.3. The molecule has 1 aromatic heterocycles. The van der Waals surface area contributed by atoms with Crippen LogP contribution in [0.15, 0.2) is 46.4 Å². The first-order chi connectivity index (χ1) is 12.4. The van der Waals surface area contributed by atoms with Crippen molar-refractivity contribution in [3.05, 3.63) is 52.8 Å². The lowest BCUT2D eigenvalue weighted by atomic mass is 10.2. The molecule has 1 fully saturated rings. The summed E-state index contributed by atoms with van der Waals surface area (Å²) >= 11 is 6.13. The Hall–Kier alpha value is -2.56. The van der Waals surface area contributed by atoms with E-state index >= 15 is 0 Å². The number of rotatable bonds is 4. The maximum absolute atomic E-state index is 12.2. The number of benzene rings is 1. The van der Waals surface area contributed by atoms with Crippen LogP contribution in [-0.4, -0.2) is 31.9 Å². The van der Waals surface area contributed by atoms with Gasteiger partial charge in [-0.25, -0.2) is 8.42 Å². The van der Waals surface area contributed by atoms with Gasteiger partial charge in [-0.15, -0.1) is 0 Å². The molecular weight excluding hydrogens is 376 g/mol. The highest BCUT2D eigenvalue weighted by Gasteiger charge is 2.29. The molecule has 1 aliphatic heterocycles. The molecule has 0 spiro atoms. The number of sulfone groups is 1. The average Bonchev–Trinajstić information content (AvgIpc) is 3.19. The van der Waals surface area contributed by atoms with E-state index in [1.165, 1.54) is 6.08 Å². The van der Waals surface area contributed by atoms with E-state index in [-0.39, 0.29) is 17.1 Å². The Morgan fingerprint density at radius 2 is 2.08 bits per heavy atom. The van der Waals surface area contributed by atoms with E-state index in [1.807, 2.05) is 12.1 Å². The quantitative estimate of drug-likeness (QED) is 0.639. The van der Waals surface area contributed by atoms with Gasteiger partial charge in [0.15, 0.2) is 9.84 Å². The van der Waals surface area contributed by atoms with Crippen molar-refractivity contribution in [3.8, 4) is 17.4 Å². The van der Waals surface area contributed by atoms with Gasteiger partial charge in [0.2, 0.25) is 0 Å². The zero-order valence-corrected chi connectivity index (χ0v) is 15.2. The lowest BCUT2D eigenvalue weighted by Gasteiger charge is -2.09. The molecule has 2 heterocycles. The summed E-state index contributed by atoms with van der Waals surface area (Å²) in [6.07, 6.45) is 1.67. The van der Waals surface area contributed by atoms with Crippen molar-refractivity contribution in [2.45, 2.75) is 12.5 Å². The van der Waals surface area contributed by atoms with Crippen molar-refractivity contribution in [3.63, 3.8) is 0 Å². The zero-order valence-electron chi connectivity index (χ0n) is 13.6. The van der Waals surface area contributed by atoms with Crippen LogP contribution in [0.4, 0.5) is 0 Å². The molecular formula is C18H15ClN2O4S. The Kier molecular flexibility index (Phi) is 5.16. The van der Waals surface area contributed by atoms with Crippen LogP contribution in [0.1, 0.15) is 12.2 Å². The maximum atomic E-state index is 12.2. The third kappa shape index (κ3) is 4.15. The van der Waals surface area contributed by atoms with E-state index in [2.05, 4.69) is 5.32 Å². The summed E-state index contributed by atoms with van der Waals surface area (Å²) in [5.74, 6) is 0.162. The molecule has 8 heteroatoms. The smallest absolute Gasteiger partial charge is 0.262 e. The minimum absolute atomic E-state index is 0.0446. The second-order valence-electron chi connectivity index (χ2n) is 5.93. The van der Waals surface area contributed by atoms with Gasteiger partial charge in [0.1, 0.15) is 23.2 Å². The van der Waals surface area contributed by atoms with E-state index in [9.17, 15) is 18.5 Å². The number of nitrogens with one attached hydrogen (secondary N) is 1. The van der Waals surface area contributed by atoms with Crippen LogP contribution in [0.5, 0.6) is 0 Å².